The molecule has 114 valence electrons. The molecule has 3 nitrogen and oxygen atoms in total. The molecule has 0 bridgehead atoms. The van der Waals surface area contributed by atoms with Gasteiger partial charge in [-0.2, -0.15) is 0 Å². The van der Waals surface area contributed by atoms with E-state index in [1.54, 1.807) is 5.56 Å². The second-order valence-corrected chi connectivity index (χ2v) is 6.84. The number of nitrogens with one attached hydrogen (secondary N) is 1. The minimum Gasteiger partial charge on any atom is -0.369 e. The van der Waals surface area contributed by atoms with Crippen molar-refractivity contribution in [2.75, 3.05) is 37.6 Å². The number of piperazine rings is 1. The summed E-state index contributed by atoms with van der Waals surface area (Å²) in [5.74, 6) is 0. The maximum Gasteiger partial charge on any atom is 0.0370 e. The van der Waals surface area contributed by atoms with Crippen LogP contribution in [0.5, 0.6) is 0 Å². The van der Waals surface area contributed by atoms with Gasteiger partial charge in [0.2, 0.25) is 0 Å². The van der Waals surface area contributed by atoms with Crippen LogP contribution in [0.1, 0.15) is 36.8 Å². The molecule has 4 rings (SSSR count). The Morgan fingerprint density at radius 3 is 2.57 bits per heavy atom. The predicted molar refractivity (Wildman–Crippen MR) is 87.9 cm³/mol. The summed E-state index contributed by atoms with van der Waals surface area (Å²) in [7, 11) is 0. The van der Waals surface area contributed by atoms with Gasteiger partial charge >= 0.3 is 0 Å². The zero-order valence-electron chi connectivity index (χ0n) is 13.0. The van der Waals surface area contributed by atoms with E-state index >= 15 is 0 Å². The molecular formula is C18H27N3. The number of rotatable bonds is 2. The summed E-state index contributed by atoms with van der Waals surface area (Å²) in [4.78, 5) is 5.33. The zero-order chi connectivity index (χ0) is 14.1. The third-order valence-corrected chi connectivity index (χ3v) is 5.60. The van der Waals surface area contributed by atoms with Gasteiger partial charge in [0.25, 0.3) is 0 Å². The average Bonchev–Trinajstić information content (AvgIpc) is 3.09. The van der Waals surface area contributed by atoms with Crippen LogP contribution < -0.4 is 10.2 Å². The first-order chi connectivity index (χ1) is 10.4. The molecule has 0 spiro atoms. The average molecular weight is 285 g/mol. The smallest absolute Gasteiger partial charge is 0.0370 e. The lowest BCUT2D eigenvalue weighted by Crippen LogP contribution is -2.49. The van der Waals surface area contributed by atoms with E-state index in [9.17, 15) is 0 Å². The van der Waals surface area contributed by atoms with Crippen molar-refractivity contribution in [2.24, 2.45) is 0 Å². The van der Waals surface area contributed by atoms with E-state index in [4.69, 9.17) is 0 Å². The topological polar surface area (TPSA) is 18.5 Å². The molecule has 1 aromatic rings. The van der Waals surface area contributed by atoms with E-state index < -0.39 is 0 Å². The number of nitrogens with zero attached hydrogens (tertiary/aromatic N) is 2. The van der Waals surface area contributed by atoms with Crippen molar-refractivity contribution in [1.29, 1.82) is 0 Å². The molecule has 1 aromatic carbocycles. The Labute approximate surface area is 128 Å². The maximum absolute atomic E-state index is 3.46. The molecule has 0 aromatic heterocycles. The third kappa shape index (κ3) is 2.82. The van der Waals surface area contributed by atoms with Gasteiger partial charge in [0.05, 0.1) is 0 Å². The van der Waals surface area contributed by atoms with Crippen LogP contribution in [0.3, 0.4) is 0 Å². The Morgan fingerprint density at radius 1 is 0.952 bits per heavy atom. The first-order valence-electron chi connectivity index (χ1n) is 8.72. The molecule has 0 amide bonds. The molecule has 1 saturated heterocycles. The van der Waals surface area contributed by atoms with Crippen LogP contribution in [-0.2, 0) is 13.0 Å². The molecule has 2 aliphatic heterocycles. The highest BCUT2D eigenvalue weighted by Gasteiger charge is 2.26. The lowest BCUT2D eigenvalue weighted by atomic mass is 10.00. The summed E-state index contributed by atoms with van der Waals surface area (Å²) in [6, 6.07) is 8.00. The van der Waals surface area contributed by atoms with Crippen LogP contribution in [0.15, 0.2) is 18.2 Å². The fraction of sp³-hybridized carbons (Fsp3) is 0.667. The highest BCUT2D eigenvalue weighted by molar-refractivity contribution is 5.52. The van der Waals surface area contributed by atoms with Gasteiger partial charge in [-0.25, -0.2) is 0 Å². The van der Waals surface area contributed by atoms with Crippen LogP contribution in [0, 0.1) is 0 Å². The van der Waals surface area contributed by atoms with E-state index in [1.165, 1.54) is 69.5 Å². The molecule has 3 aliphatic rings. The van der Waals surface area contributed by atoms with Gasteiger partial charge in [-0.3, -0.25) is 4.90 Å². The Hall–Kier alpha value is -1.06. The van der Waals surface area contributed by atoms with Crippen molar-refractivity contribution >= 4 is 5.69 Å². The molecule has 3 heteroatoms. The van der Waals surface area contributed by atoms with Gasteiger partial charge in [0.15, 0.2) is 0 Å². The molecule has 0 atom stereocenters. The summed E-state index contributed by atoms with van der Waals surface area (Å²) in [5, 5.41) is 3.46. The van der Waals surface area contributed by atoms with Crippen molar-refractivity contribution in [2.45, 2.75) is 44.7 Å². The van der Waals surface area contributed by atoms with Gasteiger partial charge in [0.1, 0.15) is 0 Å². The van der Waals surface area contributed by atoms with Crippen molar-refractivity contribution in [1.82, 2.24) is 10.2 Å². The maximum atomic E-state index is 3.46. The summed E-state index contributed by atoms with van der Waals surface area (Å²) >= 11 is 0. The van der Waals surface area contributed by atoms with Crippen molar-refractivity contribution in [3.8, 4) is 0 Å². The molecule has 21 heavy (non-hydrogen) atoms. The van der Waals surface area contributed by atoms with E-state index in [2.05, 4.69) is 33.3 Å². The van der Waals surface area contributed by atoms with E-state index in [-0.39, 0.29) is 0 Å². The highest BCUT2D eigenvalue weighted by atomic mass is 15.3. The monoisotopic (exact) mass is 285 g/mol. The van der Waals surface area contributed by atoms with Crippen LogP contribution in [0.2, 0.25) is 0 Å². The minimum absolute atomic E-state index is 0.891. The van der Waals surface area contributed by atoms with Gasteiger partial charge in [0, 0.05) is 44.5 Å². The second kappa shape index (κ2) is 5.98. The first kappa shape index (κ1) is 13.6. The van der Waals surface area contributed by atoms with Crippen molar-refractivity contribution in [3.05, 3.63) is 29.3 Å². The summed E-state index contributed by atoms with van der Waals surface area (Å²) in [5.41, 5.74) is 4.50. The Bertz CT molecular complexity index is 485. The predicted octanol–water partition coefficient (Wildman–Crippen LogP) is 2.40. The number of hydrogen-bond donors (Lipinski definition) is 1. The standard InChI is InChI=1S/C18H27N3/c1-2-4-17(3-1)20-9-11-21(12-10-20)18-6-5-16-14-19-8-7-15(16)13-18/h5-6,13,17,19H,1-4,7-12,14H2. The minimum atomic E-state index is 0.891. The van der Waals surface area contributed by atoms with Crippen LogP contribution >= 0.6 is 0 Å². The summed E-state index contributed by atoms with van der Waals surface area (Å²) < 4.78 is 0. The number of anilines is 1. The van der Waals surface area contributed by atoms with E-state index in [0.29, 0.717) is 0 Å². The lowest BCUT2D eigenvalue weighted by molar-refractivity contribution is 0.187. The van der Waals surface area contributed by atoms with Crippen molar-refractivity contribution < 1.29 is 0 Å². The van der Waals surface area contributed by atoms with Gasteiger partial charge in [-0.05, 0) is 49.1 Å². The van der Waals surface area contributed by atoms with Crippen LogP contribution in [0.25, 0.3) is 0 Å². The summed E-state index contributed by atoms with van der Waals surface area (Å²) in [6.07, 6.45) is 6.95. The molecule has 1 saturated carbocycles. The van der Waals surface area contributed by atoms with E-state index in [0.717, 1.165) is 19.1 Å². The van der Waals surface area contributed by atoms with Crippen molar-refractivity contribution in [3.63, 3.8) is 0 Å². The van der Waals surface area contributed by atoms with Gasteiger partial charge in [-0.15, -0.1) is 0 Å². The Morgan fingerprint density at radius 2 is 1.76 bits per heavy atom. The van der Waals surface area contributed by atoms with Crippen LogP contribution in [-0.4, -0.2) is 43.7 Å². The molecule has 0 unspecified atom stereocenters. The van der Waals surface area contributed by atoms with E-state index in [1.807, 2.05) is 0 Å². The normalized spacial score (nSPS) is 24.3. The van der Waals surface area contributed by atoms with Crippen LogP contribution in [0.4, 0.5) is 5.69 Å². The molecular weight excluding hydrogens is 258 g/mol. The molecule has 2 heterocycles. The number of fused-ring (bicyclic) bond motifs is 1. The van der Waals surface area contributed by atoms with Gasteiger partial charge < -0.3 is 10.2 Å². The number of hydrogen-bond acceptors (Lipinski definition) is 3. The molecule has 1 N–H and O–H groups in total. The second-order valence-electron chi connectivity index (χ2n) is 6.84. The third-order valence-electron chi connectivity index (χ3n) is 5.60. The molecule has 0 radical (unpaired) electrons. The quantitative estimate of drug-likeness (QED) is 0.900. The van der Waals surface area contributed by atoms with Gasteiger partial charge in [-0.1, -0.05) is 18.9 Å². The zero-order valence-corrected chi connectivity index (χ0v) is 13.0. The summed E-state index contributed by atoms with van der Waals surface area (Å²) in [6.45, 7) is 7.09. The Balaban J connectivity index is 1.41. The lowest BCUT2D eigenvalue weighted by Gasteiger charge is -2.39. The first-order valence-corrected chi connectivity index (χ1v) is 8.72. The highest BCUT2D eigenvalue weighted by Crippen LogP contribution is 2.27. The number of benzene rings is 1. The fourth-order valence-corrected chi connectivity index (χ4v) is 4.28. The largest absolute Gasteiger partial charge is 0.369 e. The fourth-order valence-electron chi connectivity index (χ4n) is 4.28. The SMILES string of the molecule is c1cc2c(cc1N1CCN(C3CCCC3)CC1)CCNC2. The molecule has 1 aliphatic carbocycles. The molecule has 2 fully saturated rings. The Kier molecular flexibility index (Phi) is 3.87.